The second-order valence-corrected chi connectivity index (χ2v) is 4.68. The molecular weight excluding hydrogens is 240 g/mol. The van der Waals surface area contributed by atoms with Crippen molar-refractivity contribution < 1.29 is 14.7 Å². The first-order valence-corrected chi connectivity index (χ1v) is 6.09. The number of anilines is 1. The Morgan fingerprint density at radius 2 is 2.35 bits per heavy atom. The Hall–Kier alpha value is -1.37. The molecule has 0 fully saturated rings. The smallest absolute Gasteiger partial charge is 0.234 e. The van der Waals surface area contributed by atoms with Crippen LogP contribution in [0.1, 0.15) is 10.4 Å². The van der Waals surface area contributed by atoms with Gasteiger partial charge in [0.1, 0.15) is 6.10 Å². The number of fused-ring (bicyclic) bond motifs is 1. The minimum absolute atomic E-state index is 0.0912. The van der Waals surface area contributed by atoms with Crippen molar-refractivity contribution in [2.75, 3.05) is 17.6 Å². The molecule has 0 aliphatic carbocycles. The maximum Gasteiger partial charge on any atom is 0.234 e. The first-order chi connectivity index (χ1) is 8.11. The number of amides is 1. The van der Waals surface area contributed by atoms with Crippen LogP contribution in [0.15, 0.2) is 23.1 Å². The third kappa shape index (κ3) is 2.49. The fraction of sp³-hybridized carbons (Fsp3) is 0.273. The number of ketones is 1. The Kier molecular flexibility index (Phi) is 3.46. The molecule has 0 radical (unpaired) electrons. The van der Waals surface area contributed by atoms with E-state index in [-0.39, 0.29) is 12.5 Å². The standard InChI is InChI=1S/C11H12N2O3S/c12-4-8(14)11(16)6-1-2-9-7(3-6)13-10(15)5-17-9/h1-3,8,14H,4-5,12H2,(H,13,15). The van der Waals surface area contributed by atoms with Gasteiger partial charge < -0.3 is 16.2 Å². The van der Waals surface area contributed by atoms with Crippen LogP contribution in [0, 0.1) is 0 Å². The first-order valence-electron chi connectivity index (χ1n) is 5.11. The van der Waals surface area contributed by atoms with E-state index in [4.69, 9.17) is 5.73 Å². The topological polar surface area (TPSA) is 92.4 Å². The Labute approximate surface area is 102 Å². The van der Waals surface area contributed by atoms with Crippen LogP contribution in [0.3, 0.4) is 0 Å². The van der Waals surface area contributed by atoms with Crippen molar-refractivity contribution in [3.05, 3.63) is 23.8 Å². The van der Waals surface area contributed by atoms with Crippen molar-refractivity contribution in [3.63, 3.8) is 0 Å². The van der Waals surface area contributed by atoms with Gasteiger partial charge in [-0.25, -0.2) is 0 Å². The third-order valence-corrected chi connectivity index (χ3v) is 3.50. The maximum atomic E-state index is 11.7. The Bertz CT molecular complexity index is 476. The van der Waals surface area contributed by atoms with Crippen LogP contribution in [0.25, 0.3) is 0 Å². The van der Waals surface area contributed by atoms with Gasteiger partial charge in [-0.3, -0.25) is 9.59 Å². The van der Waals surface area contributed by atoms with Crippen molar-refractivity contribution in [1.82, 2.24) is 0 Å². The van der Waals surface area contributed by atoms with Gasteiger partial charge in [0.2, 0.25) is 5.91 Å². The molecule has 6 heteroatoms. The second kappa shape index (κ2) is 4.87. The fourth-order valence-electron chi connectivity index (χ4n) is 1.54. The zero-order valence-electron chi connectivity index (χ0n) is 8.97. The van der Waals surface area contributed by atoms with Crippen molar-refractivity contribution >= 4 is 29.1 Å². The average molecular weight is 252 g/mol. The molecule has 1 aliphatic heterocycles. The minimum atomic E-state index is -1.19. The van der Waals surface area contributed by atoms with Crippen molar-refractivity contribution in [3.8, 4) is 0 Å². The molecule has 1 unspecified atom stereocenters. The molecule has 0 bridgehead atoms. The summed E-state index contributed by atoms with van der Waals surface area (Å²) >= 11 is 1.42. The van der Waals surface area contributed by atoms with E-state index in [0.29, 0.717) is 17.0 Å². The molecule has 5 nitrogen and oxygen atoms in total. The molecular formula is C11H12N2O3S. The predicted octanol–water partition coefficient (Wildman–Crippen LogP) is 0.233. The molecule has 1 aliphatic rings. The lowest BCUT2D eigenvalue weighted by atomic mass is 10.1. The minimum Gasteiger partial charge on any atom is -0.384 e. The molecule has 1 amide bonds. The number of nitrogens with two attached hydrogens (primary N) is 1. The van der Waals surface area contributed by atoms with E-state index in [9.17, 15) is 14.7 Å². The van der Waals surface area contributed by atoms with Gasteiger partial charge in [0.25, 0.3) is 0 Å². The summed E-state index contributed by atoms with van der Waals surface area (Å²) in [6, 6.07) is 4.96. The van der Waals surface area contributed by atoms with Crippen LogP contribution >= 0.6 is 11.8 Å². The molecule has 1 atom stereocenters. The lowest BCUT2D eigenvalue weighted by Gasteiger charge is -2.17. The van der Waals surface area contributed by atoms with Crippen molar-refractivity contribution in [2.24, 2.45) is 5.73 Å². The van der Waals surface area contributed by atoms with E-state index in [1.54, 1.807) is 18.2 Å². The summed E-state index contributed by atoms with van der Waals surface area (Å²) in [5.74, 6) is -0.141. The van der Waals surface area contributed by atoms with Gasteiger partial charge in [0, 0.05) is 17.0 Å². The lowest BCUT2D eigenvalue weighted by Crippen LogP contribution is -2.29. The molecule has 4 N–H and O–H groups in total. The molecule has 17 heavy (non-hydrogen) atoms. The molecule has 90 valence electrons. The van der Waals surface area contributed by atoms with Crippen molar-refractivity contribution in [2.45, 2.75) is 11.0 Å². The van der Waals surface area contributed by atoms with Crippen LogP contribution in [-0.4, -0.2) is 35.2 Å². The third-order valence-electron chi connectivity index (χ3n) is 2.42. The highest BCUT2D eigenvalue weighted by atomic mass is 32.2. The van der Waals surface area contributed by atoms with Crippen LogP contribution in [0.4, 0.5) is 5.69 Å². The summed E-state index contributed by atoms with van der Waals surface area (Å²) in [4.78, 5) is 23.8. The number of hydrogen-bond acceptors (Lipinski definition) is 5. The highest BCUT2D eigenvalue weighted by molar-refractivity contribution is 8.00. The maximum absolute atomic E-state index is 11.7. The number of aliphatic hydroxyl groups excluding tert-OH is 1. The number of aliphatic hydroxyl groups is 1. The lowest BCUT2D eigenvalue weighted by molar-refractivity contribution is -0.113. The van der Waals surface area contributed by atoms with Gasteiger partial charge in [-0.15, -0.1) is 11.8 Å². The van der Waals surface area contributed by atoms with Gasteiger partial charge >= 0.3 is 0 Å². The Morgan fingerprint density at radius 1 is 1.59 bits per heavy atom. The Balaban J connectivity index is 2.30. The zero-order valence-corrected chi connectivity index (χ0v) is 9.79. The molecule has 1 aromatic carbocycles. The van der Waals surface area contributed by atoms with Crippen LogP contribution < -0.4 is 11.1 Å². The second-order valence-electron chi connectivity index (χ2n) is 3.66. The highest BCUT2D eigenvalue weighted by Gasteiger charge is 2.20. The largest absolute Gasteiger partial charge is 0.384 e. The highest BCUT2D eigenvalue weighted by Crippen LogP contribution is 2.32. The average Bonchev–Trinajstić information content (AvgIpc) is 2.36. The SMILES string of the molecule is NCC(O)C(=O)c1ccc2c(c1)NC(=O)CS2. The van der Waals surface area contributed by atoms with Crippen molar-refractivity contribution in [1.29, 1.82) is 0 Å². The molecule has 0 spiro atoms. The van der Waals surface area contributed by atoms with Gasteiger partial charge in [-0.05, 0) is 12.1 Å². The van der Waals surface area contributed by atoms with Crippen LogP contribution in [0.2, 0.25) is 0 Å². The number of carbonyl (C=O) groups is 2. The summed E-state index contributed by atoms with van der Waals surface area (Å²) in [5.41, 5.74) is 6.19. The van der Waals surface area contributed by atoms with E-state index < -0.39 is 11.9 Å². The van der Waals surface area contributed by atoms with Gasteiger partial charge in [-0.1, -0.05) is 6.07 Å². The van der Waals surface area contributed by atoms with Crippen LogP contribution in [-0.2, 0) is 4.79 Å². The summed E-state index contributed by atoms with van der Waals surface area (Å²) in [6.07, 6.45) is -1.19. The Morgan fingerprint density at radius 3 is 3.06 bits per heavy atom. The monoisotopic (exact) mass is 252 g/mol. The van der Waals surface area contributed by atoms with E-state index >= 15 is 0 Å². The molecule has 0 aromatic heterocycles. The molecule has 0 saturated heterocycles. The van der Waals surface area contributed by atoms with Gasteiger partial charge in [0.15, 0.2) is 5.78 Å². The van der Waals surface area contributed by atoms with E-state index in [1.807, 2.05) is 0 Å². The van der Waals surface area contributed by atoms with E-state index in [2.05, 4.69) is 5.32 Å². The summed E-state index contributed by atoms with van der Waals surface area (Å²) < 4.78 is 0. The number of benzene rings is 1. The molecule has 0 saturated carbocycles. The summed E-state index contributed by atoms with van der Waals surface area (Å²) in [5, 5.41) is 12.1. The first kappa shape index (κ1) is 12.1. The summed E-state index contributed by atoms with van der Waals surface area (Å²) in [6.45, 7) is -0.114. The number of hydrogen-bond donors (Lipinski definition) is 3. The van der Waals surface area contributed by atoms with E-state index in [0.717, 1.165) is 4.90 Å². The quantitative estimate of drug-likeness (QED) is 0.670. The van der Waals surface area contributed by atoms with Gasteiger partial charge in [-0.2, -0.15) is 0 Å². The molecule has 2 rings (SSSR count). The number of thioether (sulfide) groups is 1. The van der Waals surface area contributed by atoms with E-state index in [1.165, 1.54) is 11.8 Å². The number of Topliss-reactive ketones (excluding diaryl/α,β-unsaturated/α-hetero) is 1. The molecule has 1 aromatic rings. The fourth-order valence-corrected chi connectivity index (χ4v) is 2.32. The summed E-state index contributed by atoms with van der Waals surface area (Å²) in [7, 11) is 0. The zero-order chi connectivity index (χ0) is 12.4. The van der Waals surface area contributed by atoms with Gasteiger partial charge in [0.05, 0.1) is 11.4 Å². The van der Waals surface area contributed by atoms with Crippen LogP contribution in [0.5, 0.6) is 0 Å². The number of carbonyl (C=O) groups excluding carboxylic acids is 2. The predicted molar refractivity (Wildman–Crippen MR) is 65.2 cm³/mol. The number of rotatable bonds is 3. The number of nitrogens with one attached hydrogen (secondary N) is 1. The molecule has 1 heterocycles. The normalized spacial score (nSPS) is 16.0.